The van der Waals surface area contributed by atoms with Gasteiger partial charge in [-0.1, -0.05) is 44.2 Å². The van der Waals surface area contributed by atoms with E-state index in [4.69, 9.17) is 0 Å². The second-order valence-electron chi connectivity index (χ2n) is 5.46. The molecule has 2 rings (SSSR count). The van der Waals surface area contributed by atoms with Gasteiger partial charge in [-0.15, -0.1) is 0 Å². The zero-order chi connectivity index (χ0) is 15.4. The summed E-state index contributed by atoms with van der Waals surface area (Å²) in [5.41, 5.74) is 3.35. The van der Waals surface area contributed by atoms with E-state index in [1.54, 1.807) is 12.1 Å². The predicted octanol–water partition coefficient (Wildman–Crippen LogP) is 4.89. The van der Waals surface area contributed by atoms with Crippen LogP contribution in [0.1, 0.15) is 43.9 Å². The van der Waals surface area contributed by atoms with Crippen LogP contribution in [0.5, 0.6) is 0 Å². The molecular weight excluding hydrogens is 264 g/mol. The normalized spacial score (nSPS) is 12.2. The molecule has 21 heavy (non-hydrogen) atoms. The summed E-state index contributed by atoms with van der Waals surface area (Å²) in [6, 6.07) is 14.9. The van der Waals surface area contributed by atoms with E-state index in [2.05, 4.69) is 25.2 Å². The molecule has 1 N–H and O–H groups in total. The molecular formula is C17H20N2O2. The van der Waals surface area contributed by atoms with Crippen molar-refractivity contribution in [2.24, 2.45) is 0 Å². The fourth-order valence-corrected chi connectivity index (χ4v) is 2.36. The zero-order valence-corrected chi connectivity index (χ0v) is 12.5. The van der Waals surface area contributed by atoms with Gasteiger partial charge in [-0.3, -0.25) is 10.1 Å². The first-order chi connectivity index (χ1) is 9.99. The van der Waals surface area contributed by atoms with Crippen molar-refractivity contribution in [2.75, 3.05) is 5.32 Å². The summed E-state index contributed by atoms with van der Waals surface area (Å²) in [6.07, 6.45) is 0. The Morgan fingerprint density at radius 1 is 1.05 bits per heavy atom. The van der Waals surface area contributed by atoms with Crippen molar-refractivity contribution in [3.8, 4) is 0 Å². The van der Waals surface area contributed by atoms with Gasteiger partial charge in [0.25, 0.3) is 5.69 Å². The molecule has 1 atom stereocenters. The summed E-state index contributed by atoms with van der Waals surface area (Å²) >= 11 is 0. The SMILES string of the molecule is CC(C)c1ccccc1NC(C)c1cccc([N+](=O)[O-])c1. The van der Waals surface area contributed by atoms with Crippen molar-refractivity contribution in [1.82, 2.24) is 0 Å². The number of hydrogen-bond acceptors (Lipinski definition) is 3. The fourth-order valence-electron chi connectivity index (χ4n) is 2.36. The molecule has 2 aromatic rings. The third-order valence-corrected chi connectivity index (χ3v) is 3.54. The first-order valence-corrected chi connectivity index (χ1v) is 7.09. The Kier molecular flexibility index (Phi) is 4.58. The van der Waals surface area contributed by atoms with Gasteiger partial charge in [-0.2, -0.15) is 0 Å². The maximum atomic E-state index is 10.9. The lowest BCUT2D eigenvalue weighted by Crippen LogP contribution is -2.09. The quantitative estimate of drug-likeness (QED) is 0.628. The lowest BCUT2D eigenvalue weighted by atomic mass is 10.00. The van der Waals surface area contributed by atoms with Crippen LogP contribution in [0, 0.1) is 10.1 Å². The van der Waals surface area contributed by atoms with Gasteiger partial charge in [0.15, 0.2) is 0 Å². The molecule has 4 heteroatoms. The Bertz CT molecular complexity index is 638. The Balaban J connectivity index is 2.24. The highest BCUT2D eigenvalue weighted by atomic mass is 16.6. The lowest BCUT2D eigenvalue weighted by molar-refractivity contribution is -0.384. The van der Waals surface area contributed by atoms with Crippen LogP contribution >= 0.6 is 0 Å². The van der Waals surface area contributed by atoms with Crippen molar-refractivity contribution in [3.63, 3.8) is 0 Å². The first kappa shape index (κ1) is 15.0. The number of nitrogens with zero attached hydrogens (tertiary/aromatic N) is 1. The van der Waals surface area contributed by atoms with Gasteiger partial charge < -0.3 is 5.32 Å². The van der Waals surface area contributed by atoms with Crippen LogP contribution in [0.25, 0.3) is 0 Å². The summed E-state index contributed by atoms with van der Waals surface area (Å²) in [5, 5.41) is 14.3. The van der Waals surface area contributed by atoms with Crippen LogP contribution in [0.15, 0.2) is 48.5 Å². The minimum Gasteiger partial charge on any atom is -0.378 e. The number of benzene rings is 2. The monoisotopic (exact) mass is 284 g/mol. The molecule has 110 valence electrons. The van der Waals surface area contributed by atoms with E-state index < -0.39 is 0 Å². The van der Waals surface area contributed by atoms with Crippen molar-refractivity contribution in [2.45, 2.75) is 32.7 Å². The standard InChI is InChI=1S/C17H20N2O2/c1-12(2)16-9-4-5-10-17(16)18-13(3)14-7-6-8-15(11-14)19(20)21/h4-13,18H,1-3H3. The van der Waals surface area contributed by atoms with Gasteiger partial charge in [-0.25, -0.2) is 0 Å². The molecule has 0 saturated heterocycles. The maximum Gasteiger partial charge on any atom is 0.269 e. The molecule has 0 radical (unpaired) electrons. The Morgan fingerprint density at radius 2 is 1.76 bits per heavy atom. The highest BCUT2D eigenvalue weighted by Crippen LogP contribution is 2.28. The van der Waals surface area contributed by atoms with Crippen LogP contribution < -0.4 is 5.32 Å². The largest absolute Gasteiger partial charge is 0.378 e. The molecule has 2 aromatic carbocycles. The molecule has 0 heterocycles. The molecule has 0 aliphatic carbocycles. The molecule has 0 fully saturated rings. The van der Waals surface area contributed by atoms with Crippen molar-refractivity contribution in [1.29, 1.82) is 0 Å². The van der Waals surface area contributed by atoms with Gasteiger partial charge in [0.1, 0.15) is 0 Å². The molecule has 0 aliphatic heterocycles. The minimum atomic E-state index is -0.363. The molecule has 4 nitrogen and oxygen atoms in total. The van der Waals surface area contributed by atoms with Crippen LogP contribution in [0.3, 0.4) is 0 Å². The van der Waals surface area contributed by atoms with Crippen LogP contribution in [0.2, 0.25) is 0 Å². The second kappa shape index (κ2) is 6.39. The Morgan fingerprint density at radius 3 is 2.43 bits per heavy atom. The third-order valence-electron chi connectivity index (χ3n) is 3.54. The number of para-hydroxylation sites is 1. The number of nitro groups is 1. The zero-order valence-electron chi connectivity index (χ0n) is 12.5. The van der Waals surface area contributed by atoms with E-state index in [1.165, 1.54) is 11.6 Å². The van der Waals surface area contributed by atoms with Gasteiger partial charge in [0.05, 0.1) is 4.92 Å². The average Bonchev–Trinajstić information content (AvgIpc) is 2.47. The minimum absolute atomic E-state index is 0.00444. The Labute approximate surface area is 125 Å². The molecule has 0 saturated carbocycles. The van der Waals surface area contributed by atoms with Gasteiger partial charge in [-0.05, 0) is 30.0 Å². The molecule has 0 bridgehead atoms. The van der Waals surface area contributed by atoms with E-state index in [1.807, 2.05) is 31.2 Å². The van der Waals surface area contributed by atoms with E-state index >= 15 is 0 Å². The molecule has 0 spiro atoms. The number of nitro benzene ring substituents is 1. The Hall–Kier alpha value is -2.36. The molecule has 0 aromatic heterocycles. The predicted molar refractivity (Wildman–Crippen MR) is 85.7 cm³/mol. The molecule has 0 amide bonds. The van der Waals surface area contributed by atoms with Crippen molar-refractivity contribution >= 4 is 11.4 Å². The van der Waals surface area contributed by atoms with Crippen LogP contribution in [-0.2, 0) is 0 Å². The highest BCUT2D eigenvalue weighted by molar-refractivity contribution is 5.54. The number of anilines is 1. The summed E-state index contributed by atoms with van der Waals surface area (Å²) in [7, 11) is 0. The number of hydrogen-bond donors (Lipinski definition) is 1. The fraction of sp³-hybridized carbons (Fsp3) is 0.294. The van der Waals surface area contributed by atoms with Crippen molar-refractivity contribution in [3.05, 3.63) is 69.8 Å². The third kappa shape index (κ3) is 3.60. The summed E-state index contributed by atoms with van der Waals surface area (Å²) in [4.78, 5) is 10.5. The van der Waals surface area contributed by atoms with Gasteiger partial charge >= 0.3 is 0 Å². The van der Waals surface area contributed by atoms with E-state index in [-0.39, 0.29) is 16.7 Å². The van der Waals surface area contributed by atoms with Crippen LogP contribution in [0.4, 0.5) is 11.4 Å². The highest BCUT2D eigenvalue weighted by Gasteiger charge is 2.13. The smallest absolute Gasteiger partial charge is 0.269 e. The van der Waals surface area contributed by atoms with Gasteiger partial charge in [0.2, 0.25) is 0 Å². The average molecular weight is 284 g/mol. The summed E-state index contributed by atoms with van der Waals surface area (Å²) < 4.78 is 0. The van der Waals surface area contributed by atoms with E-state index in [0.717, 1.165) is 11.3 Å². The summed E-state index contributed by atoms with van der Waals surface area (Å²) in [6.45, 7) is 6.31. The maximum absolute atomic E-state index is 10.9. The number of rotatable bonds is 5. The van der Waals surface area contributed by atoms with E-state index in [9.17, 15) is 10.1 Å². The first-order valence-electron chi connectivity index (χ1n) is 7.09. The summed E-state index contributed by atoms with van der Waals surface area (Å²) in [5.74, 6) is 0.422. The van der Waals surface area contributed by atoms with E-state index in [0.29, 0.717) is 5.92 Å². The number of nitrogens with one attached hydrogen (secondary N) is 1. The lowest BCUT2D eigenvalue weighted by Gasteiger charge is -2.20. The van der Waals surface area contributed by atoms with Gasteiger partial charge in [0, 0.05) is 23.9 Å². The van der Waals surface area contributed by atoms with Crippen LogP contribution in [-0.4, -0.2) is 4.92 Å². The second-order valence-corrected chi connectivity index (χ2v) is 5.46. The molecule has 1 unspecified atom stereocenters. The number of non-ortho nitro benzene ring substituents is 1. The van der Waals surface area contributed by atoms with Crippen molar-refractivity contribution < 1.29 is 4.92 Å². The topological polar surface area (TPSA) is 55.2 Å². The molecule has 0 aliphatic rings.